The molecule has 4 heteroatoms. The maximum absolute atomic E-state index is 11.6. The van der Waals surface area contributed by atoms with Crippen molar-refractivity contribution in [1.82, 2.24) is 0 Å². The first kappa shape index (κ1) is 12.8. The van der Waals surface area contributed by atoms with Crippen LogP contribution in [0.2, 0.25) is 0 Å². The van der Waals surface area contributed by atoms with Crippen molar-refractivity contribution in [3.63, 3.8) is 0 Å². The van der Waals surface area contributed by atoms with Gasteiger partial charge >= 0.3 is 0 Å². The van der Waals surface area contributed by atoms with Gasteiger partial charge in [-0.05, 0) is 12.6 Å². The molecule has 1 aromatic carbocycles. The second-order valence-electron chi connectivity index (χ2n) is 3.39. The lowest BCUT2D eigenvalue weighted by molar-refractivity contribution is -0.106. The number of carbonyl (C=O) groups excluding carboxylic acids is 1. The van der Waals surface area contributed by atoms with E-state index in [0.717, 1.165) is 5.56 Å². The first-order chi connectivity index (χ1) is 7.72. The van der Waals surface area contributed by atoms with Crippen LogP contribution in [0, 0.1) is 0 Å². The summed E-state index contributed by atoms with van der Waals surface area (Å²) >= 11 is 0. The lowest BCUT2D eigenvalue weighted by atomic mass is 10.0. The minimum atomic E-state index is -0.439. The molecule has 0 aliphatic rings. The van der Waals surface area contributed by atoms with Crippen LogP contribution in [0.25, 0.3) is 0 Å². The Balaban J connectivity index is 2.89. The average molecular weight is 223 g/mol. The summed E-state index contributed by atoms with van der Waals surface area (Å²) in [5.41, 5.74) is 6.81. The van der Waals surface area contributed by atoms with Crippen LogP contribution in [0.3, 0.4) is 0 Å². The number of ketones is 1. The Hall–Kier alpha value is -1.23. The highest BCUT2D eigenvalue weighted by Gasteiger charge is 2.11. The third-order valence-electron chi connectivity index (χ3n) is 2.28. The first-order valence-corrected chi connectivity index (χ1v) is 5.11. The SMILES string of the molecule is COC(OC)c1cccc(C(=O)CCN)c1. The highest BCUT2D eigenvalue weighted by atomic mass is 16.7. The summed E-state index contributed by atoms with van der Waals surface area (Å²) in [7, 11) is 3.12. The number of nitrogens with two attached hydrogens (primary N) is 1. The highest BCUT2D eigenvalue weighted by molar-refractivity contribution is 5.96. The van der Waals surface area contributed by atoms with E-state index in [0.29, 0.717) is 18.5 Å². The largest absolute Gasteiger partial charge is 0.352 e. The predicted octanol–water partition coefficient (Wildman–Crippen LogP) is 1.51. The molecule has 0 unspecified atom stereocenters. The van der Waals surface area contributed by atoms with Gasteiger partial charge in [0.25, 0.3) is 0 Å². The Morgan fingerprint density at radius 2 is 2.06 bits per heavy atom. The smallest absolute Gasteiger partial charge is 0.183 e. The van der Waals surface area contributed by atoms with E-state index in [-0.39, 0.29) is 5.78 Å². The summed E-state index contributed by atoms with van der Waals surface area (Å²) in [4.78, 5) is 11.6. The van der Waals surface area contributed by atoms with E-state index in [4.69, 9.17) is 15.2 Å². The maximum Gasteiger partial charge on any atom is 0.183 e. The van der Waals surface area contributed by atoms with Gasteiger partial charge in [0.15, 0.2) is 12.1 Å². The van der Waals surface area contributed by atoms with Gasteiger partial charge in [-0.25, -0.2) is 0 Å². The molecule has 4 nitrogen and oxygen atoms in total. The van der Waals surface area contributed by atoms with Crippen molar-refractivity contribution < 1.29 is 14.3 Å². The number of ether oxygens (including phenoxy) is 2. The molecule has 0 aliphatic heterocycles. The van der Waals surface area contributed by atoms with E-state index in [1.807, 2.05) is 12.1 Å². The van der Waals surface area contributed by atoms with Crippen LogP contribution in [0.5, 0.6) is 0 Å². The molecule has 0 heterocycles. The minimum absolute atomic E-state index is 0.0373. The number of methoxy groups -OCH3 is 2. The highest BCUT2D eigenvalue weighted by Crippen LogP contribution is 2.18. The molecule has 0 atom stereocenters. The van der Waals surface area contributed by atoms with Crippen molar-refractivity contribution in [2.75, 3.05) is 20.8 Å². The molecule has 0 fully saturated rings. The third kappa shape index (κ3) is 3.13. The summed E-state index contributed by atoms with van der Waals surface area (Å²) in [6.45, 7) is 0.362. The van der Waals surface area contributed by atoms with Crippen LogP contribution in [-0.2, 0) is 9.47 Å². The number of hydrogen-bond acceptors (Lipinski definition) is 4. The Kier molecular flexibility index (Phi) is 5.11. The van der Waals surface area contributed by atoms with Gasteiger partial charge in [0.2, 0.25) is 0 Å². The number of carbonyl (C=O) groups is 1. The topological polar surface area (TPSA) is 61.5 Å². The van der Waals surface area contributed by atoms with Gasteiger partial charge in [-0.2, -0.15) is 0 Å². The number of rotatable bonds is 6. The molecule has 16 heavy (non-hydrogen) atoms. The fraction of sp³-hybridized carbons (Fsp3) is 0.417. The minimum Gasteiger partial charge on any atom is -0.352 e. The summed E-state index contributed by atoms with van der Waals surface area (Å²) < 4.78 is 10.2. The lowest BCUT2D eigenvalue weighted by Crippen LogP contribution is -2.09. The van der Waals surface area contributed by atoms with Crippen molar-refractivity contribution in [2.24, 2.45) is 5.73 Å². The number of hydrogen-bond donors (Lipinski definition) is 1. The van der Waals surface area contributed by atoms with Crippen LogP contribution in [-0.4, -0.2) is 26.5 Å². The van der Waals surface area contributed by atoms with Crippen LogP contribution < -0.4 is 5.73 Å². The van der Waals surface area contributed by atoms with Gasteiger partial charge in [-0.15, -0.1) is 0 Å². The fourth-order valence-corrected chi connectivity index (χ4v) is 1.50. The van der Waals surface area contributed by atoms with E-state index >= 15 is 0 Å². The van der Waals surface area contributed by atoms with Gasteiger partial charge in [-0.3, -0.25) is 4.79 Å². The van der Waals surface area contributed by atoms with Crippen molar-refractivity contribution >= 4 is 5.78 Å². The maximum atomic E-state index is 11.6. The van der Waals surface area contributed by atoms with Crippen LogP contribution in [0.4, 0.5) is 0 Å². The zero-order valence-corrected chi connectivity index (χ0v) is 9.60. The average Bonchev–Trinajstić information content (AvgIpc) is 2.31. The molecule has 0 spiro atoms. The molecule has 0 aliphatic carbocycles. The third-order valence-corrected chi connectivity index (χ3v) is 2.28. The van der Waals surface area contributed by atoms with E-state index < -0.39 is 6.29 Å². The van der Waals surface area contributed by atoms with Crippen molar-refractivity contribution in [3.8, 4) is 0 Å². The molecule has 88 valence electrons. The van der Waals surface area contributed by atoms with E-state index in [2.05, 4.69) is 0 Å². The Morgan fingerprint density at radius 1 is 1.38 bits per heavy atom. The van der Waals surface area contributed by atoms with Crippen LogP contribution in [0.15, 0.2) is 24.3 Å². The van der Waals surface area contributed by atoms with Gasteiger partial charge in [0.05, 0.1) is 0 Å². The molecule has 1 aromatic rings. The van der Waals surface area contributed by atoms with E-state index in [1.54, 1.807) is 26.4 Å². The predicted molar refractivity (Wildman–Crippen MR) is 61.2 cm³/mol. The quantitative estimate of drug-likeness (QED) is 0.586. The number of benzene rings is 1. The van der Waals surface area contributed by atoms with Gasteiger partial charge < -0.3 is 15.2 Å². The molecule has 0 aromatic heterocycles. The Labute approximate surface area is 95.3 Å². The normalized spacial score (nSPS) is 10.8. The standard InChI is InChI=1S/C12H17NO3/c1-15-12(16-2)10-5-3-4-9(8-10)11(14)6-7-13/h3-5,8,12H,6-7,13H2,1-2H3. The van der Waals surface area contributed by atoms with Crippen LogP contribution >= 0.6 is 0 Å². The van der Waals surface area contributed by atoms with Crippen molar-refractivity contribution in [3.05, 3.63) is 35.4 Å². The van der Waals surface area contributed by atoms with Gasteiger partial charge in [0, 0.05) is 31.8 Å². The van der Waals surface area contributed by atoms with Gasteiger partial charge in [-0.1, -0.05) is 18.2 Å². The zero-order chi connectivity index (χ0) is 12.0. The Morgan fingerprint density at radius 3 is 2.62 bits per heavy atom. The molecule has 0 radical (unpaired) electrons. The van der Waals surface area contributed by atoms with E-state index in [9.17, 15) is 4.79 Å². The summed E-state index contributed by atoms with van der Waals surface area (Å²) in [6, 6.07) is 7.21. The zero-order valence-electron chi connectivity index (χ0n) is 9.60. The molecule has 2 N–H and O–H groups in total. The summed E-state index contributed by atoms with van der Waals surface area (Å²) in [5.74, 6) is 0.0373. The molecule has 1 rings (SSSR count). The van der Waals surface area contributed by atoms with Crippen molar-refractivity contribution in [2.45, 2.75) is 12.7 Å². The molecule has 0 amide bonds. The molecular formula is C12H17NO3. The molecular weight excluding hydrogens is 206 g/mol. The lowest BCUT2D eigenvalue weighted by Gasteiger charge is -2.14. The molecule has 0 saturated heterocycles. The molecule has 0 saturated carbocycles. The second kappa shape index (κ2) is 6.37. The van der Waals surface area contributed by atoms with E-state index in [1.165, 1.54) is 0 Å². The number of Topliss-reactive ketones (excluding diaryl/α,β-unsaturated/α-hetero) is 1. The monoisotopic (exact) mass is 223 g/mol. The Bertz CT molecular complexity index is 348. The first-order valence-electron chi connectivity index (χ1n) is 5.11. The van der Waals surface area contributed by atoms with Gasteiger partial charge in [0.1, 0.15) is 0 Å². The second-order valence-corrected chi connectivity index (χ2v) is 3.39. The van der Waals surface area contributed by atoms with Crippen LogP contribution in [0.1, 0.15) is 28.6 Å². The fourth-order valence-electron chi connectivity index (χ4n) is 1.50. The molecule has 0 bridgehead atoms. The summed E-state index contributed by atoms with van der Waals surface area (Å²) in [6.07, 6.45) is -0.0840. The van der Waals surface area contributed by atoms with Crippen molar-refractivity contribution in [1.29, 1.82) is 0 Å². The summed E-state index contributed by atoms with van der Waals surface area (Å²) in [5, 5.41) is 0.